The minimum atomic E-state index is -0.608. The van der Waals surface area contributed by atoms with E-state index in [1.54, 1.807) is 0 Å². The Labute approximate surface area is 177 Å². The molecule has 0 radical (unpaired) electrons. The molecule has 3 unspecified atom stereocenters. The SMILES string of the molecule is C[C@]12CCC(=NNC(N)=O)C=C1CCC1C2CC[C@]2(C)C(=NNC(N)=S)CCC12. The van der Waals surface area contributed by atoms with Gasteiger partial charge in [-0.25, -0.2) is 10.2 Å². The van der Waals surface area contributed by atoms with Crippen LogP contribution < -0.4 is 22.3 Å². The van der Waals surface area contributed by atoms with Crippen molar-refractivity contribution in [1.82, 2.24) is 10.9 Å². The molecule has 158 valence electrons. The van der Waals surface area contributed by atoms with E-state index in [1.165, 1.54) is 37.0 Å². The Morgan fingerprint density at radius 1 is 1.03 bits per heavy atom. The molecular weight excluding hydrogens is 384 g/mol. The van der Waals surface area contributed by atoms with Crippen LogP contribution in [-0.4, -0.2) is 22.6 Å². The number of carbonyl (C=O) groups is 1. The molecule has 6 N–H and O–H groups in total. The van der Waals surface area contributed by atoms with Crippen molar-refractivity contribution in [1.29, 1.82) is 0 Å². The summed E-state index contributed by atoms with van der Waals surface area (Å²) < 4.78 is 0. The van der Waals surface area contributed by atoms with Crippen molar-refractivity contribution in [3.8, 4) is 0 Å². The van der Waals surface area contributed by atoms with Gasteiger partial charge in [0.05, 0.1) is 5.71 Å². The van der Waals surface area contributed by atoms with E-state index in [0.29, 0.717) is 11.8 Å². The van der Waals surface area contributed by atoms with Crippen LogP contribution in [0.1, 0.15) is 65.2 Å². The third kappa shape index (κ3) is 3.45. The Kier molecular flexibility index (Phi) is 5.17. The van der Waals surface area contributed by atoms with E-state index in [0.717, 1.165) is 37.3 Å². The molecule has 4 rings (SSSR count). The Hall–Kier alpha value is -1.96. The first-order chi connectivity index (χ1) is 13.7. The Balaban J connectivity index is 1.57. The van der Waals surface area contributed by atoms with Crippen LogP contribution in [0.4, 0.5) is 4.79 Å². The third-order valence-corrected chi connectivity index (χ3v) is 8.42. The fraction of sp³-hybridized carbons (Fsp3) is 0.714. The zero-order chi connectivity index (χ0) is 20.8. The number of carbonyl (C=O) groups excluding carboxylic acids is 1. The quantitative estimate of drug-likeness (QED) is 0.408. The molecular formula is C21H32N6OS. The molecule has 2 amide bonds. The summed E-state index contributed by atoms with van der Waals surface area (Å²) in [6, 6.07) is -0.608. The highest BCUT2D eigenvalue weighted by Gasteiger charge is 2.58. The zero-order valence-electron chi connectivity index (χ0n) is 17.3. The Morgan fingerprint density at radius 2 is 1.79 bits per heavy atom. The number of amides is 2. The second-order valence-corrected chi connectivity index (χ2v) is 10.1. The first-order valence-electron chi connectivity index (χ1n) is 10.7. The van der Waals surface area contributed by atoms with Crippen LogP contribution in [0.15, 0.2) is 21.9 Å². The van der Waals surface area contributed by atoms with Gasteiger partial charge in [0.1, 0.15) is 0 Å². The molecule has 0 spiro atoms. The summed E-state index contributed by atoms with van der Waals surface area (Å²) in [6.07, 6.45) is 11.2. The second kappa shape index (κ2) is 7.38. The number of primary amides is 1. The van der Waals surface area contributed by atoms with Crippen molar-refractivity contribution >= 4 is 34.8 Å². The normalized spacial score (nSPS) is 41.2. The van der Waals surface area contributed by atoms with Crippen molar-refractivity contribution in [3.05, 3.63) is 11.6 Å². The molecule has 0 aromatic carbocycles. The van der Waals surface area contributed by atoms with Crippen LogP contribution in [0.25, 0.3) is 0 Å². The van der Waals surface area contributed by atoms with Crippen molar-refractivity contribution < 1.29 is 4.79 Å². The summed E-state index contributed by atoms with van der Waals surface area (Å²) in [6.45, 7) is 4.85. The van der Waals surface area contributed by atoms with Crippen LogP contribution in [-0.2, 0) is 0 Å². The van der Waals surface area contributed by atoms with E-state index in [9.17, 15) is 4.79 Å². The second-order valence-electron chi connectivity index (χ2n) is 9.61. The van der Waals surface area contributed by atoms with Gasteiger partial charge >= 0.3 is 6.03 Å². The molecule has 0 aromatic heterocycles. The topological polar surface area (TPSA) is 118 Å². The number of fused-ring (bicyclic) bond motifs is 5. The van der Waals surface area contributed by atoms with Gasteiger partial charge in [0.25, 0.3) is 0 Å². The van der Waals surface area contributed by atoms with Crippen molar-refractivity contribution in [3.63, 3.8) is 0 Å². The predicted octanol–water partition coefficient (Wildman–Crippen LogP) is 3.16. The molecule has 8 heteroatoms. The fourth-order valence-electron chi connectivity index (χ4n) is 6.88. The lowest BCUT2D eigenvalue weighted by atomic mass is 9.47. The summed E-state index contributed by atoms with van der Waals surface area (Å²) in [7, 11) is 0. The van der Waals surface area contributed by atoms with Gasteiger partial charge in [0.2, 0.25) is 0 Å². The number of nitrogens with two attached hydrogens (primary N) is 2. The van der Waals surface area contributed by atoms with E-state index in [4.69, 9.17) is 23.7 Å². The number of hydrogen-bond donors (Lipinski definition) is 4. The summed E-state index contributed by atoms with van der Waals surface area (Å²) >= 11 is 4.94. The standard InChI is InChI=1S/C21H32N6OS/c1-20-9-7-13(24-26-18(22)28)11-12(20)3-4-14-15-5-6-17(25-27-19(23)29)21(15,2)10-8-16(14)20/h11,14-16H,3-10H2,1-2H3,(H3,22,26,28)(H3,23,27,29)/t14?,15?,16?,20-,21-/m0/s1. The van der Waals surface area contributed by atoms with Gasteiger partial charge in [-0.1, -0.05) is 19.4 Å². The first kappa shape index (κ1) is 20.3. The smallest absolute Gasteiger partial charge is 0.332 e. The van der Waals surface area contributed by atoms with E-state index in [2.05, 4.69) is 41.0 Å². The molecule has 0 aromatic rings. The maximum atomic E-state index is 11.0. The number of urea groups is 1. The van der Waals surface area contributed by atoms with Crippen LogP contribution in [0.5, 0.6) is 0 Å². The number of nitrogens with one attached hydrogen (secondary N) is 2. The fourth-order valence-corrected chi connectivity index (χ4v) is 6.93. The van der Waals surface area contributed by atoms with Crippen LogP contribution in [0.2, 0.25) is 0 Å². The number of hydrogen-bond acceptors (Lipinski definition) is 4. The lowest BCUT2D eigenvalue weighted by Crippen LogP contribution is -2.50. The number of rotatable bonds is 2. The Bertz CT molecular complexity index is 820. The van der Waals surface area contributed by atoms with Gasteiger partial charge in [0.15, 0.2) is 5.11 Å². The van der Waals surface area contributed by atoms with Crippen LogP contribution in [0, 0.1) is 28.6 Å². The monoisotopic (exact) mass is 416 g/mol. The average Bonchev–Trinajstić information content (AvgIpc) is 3.01. The van der Waals surface area contributed by atoms with E-state index in [-0.39, 0.29) is 15.9 Å². The van der Waals surface area contributed by atoms with Gasteiger partial charge in [-0.15, -0.1) is 0 Å². The Morgan fingerprint density at radius 3 is 2.52 bits per heavy atom. The number of allylic oxidation sites excluding steroid dienone is 2. The van der Waals surface area contributed by atoms with Crippen LogP contribution in [0.3, 0.4) is 0 Å². The van der Waals surface area contributed by atoms with Gasteiger partial charge in [-0.05, 0) is 92.8 Å². The molecule has 4 aliphatic rings. The number of hydrazone groups is 2. The van der Waals surface area contributed by atoms with Crippen molar-refractivity contribution in [2.45, 2.75) is 65.2 Å². The lowest BCUT2D eigenvalue weighted by Gasteiger charge is -2.57. The molecule has 5 atom stereocenters. The van der Waals surface area contributed by atoms with E-state index >= 15 is 0 Å². The minimum Gasteiger partial charge on any atom is -0.375 e. The average molecular weight is 417 g/mol. The largest absolute Gasteiger partial charge is 0.375 e. The summed E-state index contributed by atoms with van der Waals surface area (Å²) in [4.78, 5) is 11.0. The van der Waals surface area contributed by atoms with Gasteiger partial charge < -0.3 is 11.5 Å². The van der Waals surface area contributed by atoms with Gasteiger partial charge in [0, 0.05) is 11.1 Å². The molecule has 4 aliphatic carbocycles. The highest BCUT2D eigenvalue weighted by Crippen LogP contribution is 2.64. The highest BCUT2D eigenvalue weighted by atomic mass is 32.1. The zero-order valence-corrected chi connectivity index (χ0v) is 18.1. The predicted molar refractivity (Wildman–Crippen MR) is 119 cm³/mol. The summed E-state index contributed by atoms with van der Waals surface area (Å²) in [5.74, 6) is 2.11. The van der Waals surface area contributed by atoms with Gasteiger partial charge in [-0.2, -0.15) is 10.2 Å². The molecule has 3 saturated carbocycles. The number of nitrogens with zero attached hydrogens (tertiary/aromatic N) is 2. The summed E-state index contributed by atoms with van der Waals surface area (Å²) in [5, 5.41) is 9.02. The van der Waals surface area contributed by atoms with E-state index in [1.807, 2.05) is 0 Å². The maximum absolute atomic E-state index is 11.0. The molecule has 3 fully saturated rings. The van der Waals surface area contributed by atoms with Crippen molar-refractivity contribution in [2.75, 3.05) is 0 Å². The third-order valence-electron chi connectivity index (χ3n) is 8.33. The number of thiocarbonyl (C=S) groups is 1. The maximum Gasteiger partial charge on any atom is 0.332 e. The summed E-state index contributed by atoms with van der Waals surface area (Å²) in [5.41, 5.74) is 20.0. The molecule has 29 heavy (non-hydrogen) atoms. The molecule has 0 saturated heterocycles. The minimum absolute atomic E-state index is 0.156. The first-order valence-corrected chi connectivity index (χ1v) is 11.1. The molecule has 0 aliphatic heterocycles. The molecule has 0 bridgehead atoms. The van der Waals surface area contributed by atoms with Gasteiger partial charge in [-0.3, -0.25) is 5.43 Å². The van der Waals surface area contributed by atoms with E-state index < -0.39 is 6.03 Å². The molecule has 0 heterocycles. The molecule has 7 nitrogen and oxygen atoms in total. The highest BCUT2D eigenvalue weighted by molar-refractivity contribution is 7.80. The van der Waals surface area contributed by atoms with Crippen molar-refractivity contribution in [2.24, 2.45) is 50.3 Å². The lowest BCUT2D eigenvalue weighted by molar-refractivity contribution is -0.0155. The van der Waals surface area contributed by atoms with Crippen LogP contribution >= 0.6 is 12.2 Å².